The van der Waals surface area contributed by atoms with Gasteiger partial charge in [0, 0.05) is 24.5 Å². The Hall–Kier alpha value is -1.83. The first-order chi connectivity index (χ1) is 12.0. The number of methoxy groups -OCH3 is 1. The second-order valence-corrected chi connectivity index (χ2v) is 8.43. The van der Waals surface area contributed by atoms with E-state index in [2.05, 4.69) is 22.6 Å². The van der Waals surface area contributed by atoms with Crippen molar-refractivity contribution in [2.75, 3.05) is 27.2 Å². The van der Waals surface area contributed by atoms with Crippen LogP contribution in [-0.4, -0.2) is 67.3 Å². The zero-order chi connectivity index (χ0) is 19.5. The lowest BCUT2D eigenvalue weighted by atomic mass is 9.82. The fourth-order valence-corrected chi connectivity index (χ4v) is 3.64. The normalized spacial score (nSPS) is 24.0. The zero-order valence-corrected chi connectivity index (χ0v) is 16.4. The smallest absolute Gasteiger partial charge is 0.408 e. The molecule has 0 aromatic carbocycles. The maximum Gasteiger partial charge on any atom is 0.408 e. The Labute approximate surface area is 155 Å². The molecular formula is C18H31N3O5. The number of amides is 2. The van der Waals surface area contributed by atoms with Crippen molar-refractivity contribution in [2.24, 2.45) is 5.92 Å². The van der Waals surface area contributed by atoms with Gasteiger partial charge in [-0.25, -0.2) is 9.59 Å². The van der Waals surface area contributed by atoms with E-state index in [9.17, 15) is 14.4 Å². The summed E-state index contributed by atoms with van der Waals surface area (Å²) < 4.78 is 10.0. The first-order valence-corrected chi connectivity index (χ1v) is 9.11. The van der Waals surface area contributed by atoms with E-state index in [4.69, 9.17) is 9.47 Å². The molecule has 1 spiro atoms. The summed E-state index contributed by atoms with van der Waals surface area (Å²) in [5, 5.41) is 5.68. The van der Waals surface area contributed by atoms with Crippen molar-refractivity contribution in [3.8, 4) is 0 Å². The third kappa shape index (κ3) is 5.33. The molecule has 8 nitrogen and oxygen atoms in total. The third-order valence-corrected chi connectivity index (χ3v) is 5.04. The van der Waals surface area contributed by atoms with Gasteiger partial charge in [0.25, 0.3) is 0 Å². The summed E-state index contributed by atoms with van der Waals surface area (Å²) >= 11 is 0. The van der Waals surface area contributed by atoms with Crippen molar-refractivity contribution < 1.29 is 23.9 Å². The van der Waals surface area contributed by atoms with Crippen LogP contribution in [0.25, 0.3) is 0 Å². The van der Waals surface area contributed by atoms with Gasteiger partial charge in [-0.1, -0.05) is 0 Å². The quantitative estimate of drug-likeness (QED) is 0.719. The Morgan fingerprint density at radius 3 is 2.50 bits per heavy atom. The number of nitrogens with one attached hydrogen (secondary N) is 2. The maximum atomic E-state index is 12.5. The first kappa shape index (κ1) is 20.5. The van der Waals surface area contributed by atoms with Crippen molar-refractivity contribution in [3.05, 3.63) is 0 Å². The largest absolute Gasteiger partial charge is 0.467 e. The minimum Gasteiger partial charge on any atom is -0.467 e. The molecule has 2 rings (SSSR count). The van der Waals surface area contributed by atoms with E-state index in [1.165, 1.54) is 7.11 Å². The minimum absolute atomic E-state index is 0.0607. The number of rotatable bonds is 4. The lowest BCUT2D eigenvalue weighted by Crippen LogP contribution is -2.49. The number of esters is 1. The van der Waals surface area contributed by atoms with Crippen LogP contribution in [0.5, 0.6) is 0 Å². The van der Waals surface area contributed by atoms with Gasteiger partial charge in [-0.05, 0) is 53.5 Å². The molecule has 2 amide bonds. The molecule has 2 aliphatic rings. The highest BCUT2D eigenvalue weighted by atomic mass is 16.6. The summed E-state index contributed by atoms with van der Waals surface area (Å²) in [6.45, 7) is 7.10. The van der Waals surface area contributed by atoms with Crippen LogP contribution >= 0.6 is 0 Å². The summed E-state index contributed by atoms with van der Waals surface area (Å²) in [6, 6.07) is -0.910. The summed E-state index contributed by atoms with van der Waals surface area (Å²) in [7, 11) is 3.33. The number of likely N-dealkylation sites (tertiary alicyclic amines) is 1. The second kappa shape index (κ2) is 7.82. The lowest BCUT2D eigenvalue weighted by Gasteiger charge is -2.37. The maximum absolute atomic E-state index is 12.5. The zero-order valence-electron chi connectivity index (χ0n) is 16.4. The van der Waals surface area contributed by atoms with Gasteiger partial charge in [-0.15, -0.1) is 0 Å². The van der Waals surface area contributed by atoms with Gasteiger partial charge in [-0.2, -0.15) is 0 Å². The monoisotopic (exact) mass is 369 g/mol. The fraction of sp³-hybridized carbons (Fsp3) is 0.833. The Morgan fingerprint density at radius 1 is 1.35 bits per heavy atom. The van der Waals surface area contributed by atoms with Gasteiger partial charge in [0.05, 0.1) is 7.11 Å². The molecule has 2 fully saturated rings. The van der Waals surface area contributed by atoms with Crippen molar-refractivity contribution in [1.29, 1.82) is 0 Å². The number of nitrogens with zero attached hydrogens (tertiary/aromatic N) is 1. The Balaban J connectivity index is 2.00. The molecule has 0 aromatic heterocycles. The van der Waals surface area contributed by atoms with Crippen LogP contribution in [0.2, 0.25) is 0 Å². The highest BCUT2D eigenvalue weighted by Crippen LogP contribution is 2.36. The average Bonchev–Trinajstić information content (AvgIpc) is 2.83. The number of alkyl carbamates (subject to hydrolysis) is 1. The van der Waals surface area contributed by atoms with E-state index < -0.39 is 23.7 Å². The Morgan fingerprint density at radius 2 is 1.96 bits per heavy atom. The molecule has 2 heterocycles. The average molecular weight is 369 g/mol. The van der Waals surface area contributed by atoms with Crippen LogP contribution in [-0.2, 0) is 19.1 Å². The predicted molar refractivity (Wildman–Crippen MR) is 95.5 cm³/mol. The van der Waals surface area contributed by atoms with Crippen LogP contribution in [0.3, 0.4) is 0 Å². The van der Waals surface area contributed by atoms with Crippen LogP contribution in [0, 0.1) is 5.92 Å². The van der Waals surface area contributed by atoms with Crippen molar-refractivity contribution in [1.82, 2.24) is 15.5 Å². The van der Waals surface area contributed by atoms with Gasteiger partial charge in [0.1, 0.15) is 11.6 Å². The molecule has 148 valence electrons. The minimum atomic E-state index is -0.910. The molecule has 0 saturated carbocycles. The Bertz CT molecular complexity index is 550. The molecule has 26 heavy (non-hydrogen) atoms. The van der Waals surface area contributed by atoms with Gasteiger partial charge >= 0.3 is 12.1 Å². The summed E-state index contributed by atoms with van der Waals surface area (Å²) in [5.41, 5.74) is -0.867. The molecule has 0 bridgehead atoms. The molecular weight excluding hydrogens is 338 g/mol. The first-order valence-electron chi connectivity index (χ1n) is 9.11. The molecule has 2 atom stereocenters. The van der Waals surface area contributed by atoms with E-state index in [0.29, 0.717) is 6.42 Å². The van der Waals surface area contributed by atoms with Gasteiger partial charge in [-0.3, -0.25) is 4.79 Å². The molecule has 0 aromatic rings. The van der Waals surface area contributed by atoms with E-state index in [1.54, 1.807) is 20.8 Å². The van der Waals surface area contributed by atoms with Crippen LogP contribution < -0.4 is 10.6 Å². The van der Waals surface area contributed by atoms with E-state index in [0.717, 1.165) is 25.9 Å². The standard InChI is InChI=1S/C18H31N3O5/c1-17(2,3)26-16(24)19-13(15(23)25-5)10-12-11-18(20-14(12)22)6-8-21(4)9-7-18/h12-13H,6-11H2,1-5H3,(H,19,24)(H,20,22). The lowest BCUT2D eigenvalue weighted by molar-refractivity contribution is -0.143. The van der Waals surface area contributed by atoms with Gasteiger partial charge < -0.3 is 25.0 Å². The predicted octanol–water partition coefficient (Wildman–Crippen LogP) is 1.04. The number of piperidine rings is 1. The number of ether oxygens (including phenoxy) is 2. The topological polar surface area (TPSA) is 97.0 Å². The van der Waals surface area contributed by atoms with E-state index >= 15 is 0 Å². The summed E-state index contributed by atoms with van der Waals surface area (Å²) in [4.78, 5) is 38.8. The van der Waals surface area contributed by atoms with E-state index in [-0.39, 0.29) is 23.8 Å². The molecule has 2 saturated heterocycles. The Kier molecular flexibility index (Phi) is 6.16. The molecule has 2 aliphatic heterocycles. The highest BCUT2D eigenvalue weighted by molar-refractivity contribution is 5.85. The van der Waals surface area contributed by atoms with Crippen LogP contribution in [0.15, 0.2) is 0 Å². The summed E-state index contributed by atoms with van der Waals surface area (Å²) in [5.74, 6) is -0.972. The number of hydrogen-bond donors (Lipinski definition) is 2. The molecule has 2 N–H and O–H groups in total. The van der Waals surface area contributed by atoms with Crippen molar-refractivity contribution in [3.63, 3.8) is 0 Å². The number of carbonyl (C=O) groups is 3. The fourth-order valence-electron chi connectivity index (χ4n) is 3.64. The molecule has 0 radical (unpaired) electrons. The molecule has 8 heteroatoms. The second-order valence-electron chi connectivity index (χ2n) is 8.43. The van der Waals surface area contributed by atoms with Gasteiger partial charge in [0.2, 0.25) is 5.91 Å². The SMILES string of the molecule is COC(=O)C(CC1CC2(CCN(C)CC2)NC1=O)NC(=O)OC(C)(C)C. The molecule has 0 aliphatic carbocycles. The number of hydrogen-bond acceptors (Lipinski definition) is 6. The highest BCUT2D eigenvalue weighted by Gasteiger charge is 2.46. The van der Waals surface area contributed by atoms with Gasteiger partial charge in [0.15, 0.2) is 0 Å². The summed E-state index contributed by atoms with van der Waals surface area (Å²) in [6.07, 6.45) is 1.97. The van der Waals surface area contributed by atoms with Crippen LogP contribution in [0.4, 0.5) is 4.79 Å². The van der Waals surface area contributed by atoms with E-state index in [1.807, 2.05) is 0 Å². The number of carbonyl (C=O) groups excluding carboxylic acids is 3. The third-order valence-electron chi connectivity index (χ3n) is 5.04. The van der Waals surface area contributed by atoms with Crippen LogP contribution in [0.1, 0.15) is 46.5 Å². The van der Waals surface area contributed by atoms with Crippen molar-refractivity contribution in [2.45, 2.75) is 63.6 Å². The van der Waals surface area contributed by atoms with Crippen molar-refractivity contribution >= 4 is 18.0 Å². The molecule has 2 unspecified atom stereocenters.